The average Bonchev–Trinajstić information content (AvgIpc) is 2.31. The molecule has 15 heavy (non-hydrogen) atoms. The lowest BCUT2D eigenvalue weighted by atomic mass is 10.1. The smallest absolute Gasteiger partial charge is 0.134 e. The summed E-state index contributed by atoms with van der Waals surface area (Å²) < 4.78 is 10.4. The minimum absolute atomic E-state index is 0.0316. The fourth-order valence-electron chi connectivity index (χ4n) is 1.44. The Balaban J connectivity index is 2.46. The molecule has 0 fully saturated rings. The van der Waals surface area contributed by atoms with Crippen LogP contribution >= 0.6 is 0 Å². The summed E-state index contributed by atoms with van der Waals surface area (Å²) >= 11 is 0. The third-order valence-corrected chi connectivity index (χ3v) is 4.41. The lowest BCUT2D eigenvalue weighted by Gasteiger charge is -2.12. The first-order valence-corrected chi connectivity index (χ1v) is 6.88. The van der Waals surface area contributed by atoms with E-state index in [-0.39, 0.29) is 15.4 Å². The first-order valence-electron chi connectivity index (χ1n) is 5.07. The number of hydrogen-bond donors (Lipinski definition) is 0. The van der Waals surface area contributed by atoms with Crippen LogP contribution in [0.1, 0.15) is 11.1 Å². The fourth-order valence-corrected chi connectivity index (χ4v) is 2.81. The van der Waals surface area contributed by atoms with Gasteiger partial charge in [-0.3, -0.25) is 0 Å². The van der Waals surface area contributed by atoms with E-state index in [1.807, 2.05) is 6.08 Å². The number of hydrogen-bond acceptors (Lipinski definition) is 2. The molecule has 0 saturated carbocycles. The van der Waals surface area contributed by atoms with Crippen LogP contribution in [0.3, 0.4) is 0 Å². The summed E-state index contributed by atoms with van der Waals surface area (Å²) in [5, 5.41) is 0. The summed E-state index contributed by atoms with van der Waals surface area (Å²) in [6.07, 6.45) is 1.86. The Morgan fingerprint density at radius 2 is 1.87 bits per heavy atom. The van der Waals surface area contributed by atoms with Gasteiger partial charge in [0.25, 0.3) is 0 Å². The highest BCUT2D eigenvalue weighted by Crippen LogP contribution is 2.06. The first-order chi connectivity index (χ1) is 7.30. The van der Waals surface area contributed by atoms with Gasteiger partial charge < -0.3 is 9.47 Å². The molecular weight excluding hydrogens is 204 g/mol. The number of methoxy groups -OCH3 is 2. The second-order valence-corrected chi connectivity index (χ2v) is 5.13. The lowest BCUT2D eigenvalue weighted by Crippen LogP contribution is -2.23. The predicted molar refractivity (Wildman–Crippen MR) is 66.6 cm³/mol. The molecule has 0 aliphatic heterocycles. The van der Waals surface area contributed by atoms with Crippen molar-refractivity contribution in [1.82, 2.24) is 0 Å². The summed E-state index contributed by atoms with van der Waals surface area (Å²) in [5.74, 6) is 0.0316. The molecule has 1 rings (SSSR count). The minimum atomic E-state index is -0.362. The second-order valence-electron chi connectivity index (χ2n) is 3.39. The van der Waals surface area contributed by atoms with Gasteiger partial charge in [0.1, 0.15) is 5.91 Å². The van der Waals surface area contributed by atoms with Gasteiger partial charge in [-0.2, -0.15) is 0 Å². The van der Waals surface area contributed by atoms with Crippen molar-refractivity contribution in [2.24, 2.45) is 0 Å². The molecule has 0 atom stereocenters. The third kappa shape index (κ3) is 3.99. The van der Waals surface area contributed by atoms with Crippen molar-refractivity contribution in [3.05, 3.63) is 42.0 Å². The van der Waals surface area contributed by atoms with Crippen LogP contribution in [0.15, 0.2) is 30.8 Å². The maximum atomic E-state index is 5.19. The Kier molecular flexibility index (Phi) is 5.32. The van der Waals surface area contributed by atoms with Crippen molar-refractivity contribution in [2.75, 3.05) is 14.2 Å². The molecule has 0 bridgehead atoms. The van der Waals surface area contributed by atoms with Crippen molar-refractivity contribution < 1.29 is 9.47 Å². The van der Waals surface area contributed by atoms with Crippen LogP contribution in [0, 0.1) is 0 Å². The third-order valence-electron chi connectivity index (χ3n) is 2.41. The Morgan fingerprint density at radius 1 is 1.27 bits per heavy atom. The second kappa shape index (κ2) is 6.56. The lowest BCUT2D eigenvalue weighted by molar-refractivity contribution is -0.0441. The molecule has 0 aromatic heterocycles. The SMILES string of the molecule is C=Cc1ccc(C[SiH2]C(OC)OC)cc1. The topological polar surface area (TPSA) is 18.5 Å². The molecule has 1 aromatic carbocycles. The normalized spacial score (nSPS) is 11.4. The standard InChI is InChI=1S/C12H18O2Si/c1-4-10-5-7-11(8-6-10)9-15-12(13-2)14-3/h4-8,12H,1,9,15H2,2-3H3. The fraction of sp³-hybridized carbons (Fsp3) is 0.333. The van der Waals surface area contributed by atoms with Crippen molar-refractivity contribution in [1.29, 1.82) is 0 Å². The Labute approximate surface area is 93.7 Å². The molecule has 0 amide bonds. The maximum Gasteiger partial charge on any atom is 0.134 e. The van der Waals surface area contributed by atoms with Gasteiger partial charge in [0.2, 0.25) is 0 Å². The predicted octanol–water partition coefficient (Wildman–Crippen LogP) is 1.57. The highest BCUT2D eigenvalue weighted by Gasteiger charge is 2.05. The van der Waals surface area contributed by atoms with E-state index in [0.717, 1.165) is 11.6 Å². The molecule has 82 valence electrons. The van der Waals surface area contributed by atoms with Crippen LogP contribution in [0.2, 0.25) is 0 Å². The van der Waals surface area contributed by atoms with Gasteiger partial charge in [0.15, 0.2) is 0 Å². The molecular formula is C12H18O2Si. The molecule has 0 N–H and O–H groups in total. The van der Waals surface area contributed by atoms with Gasteiger partial charge in [-0.1, -0.05) is 42.5 Å². The average molecular weight is 222 g/mol. The quantitative estimate of drug-likeness (QED) is 0.537. The summed E-state index contributed by atoms with van der Waals surface area (Å²) in [6.45, 7) is 3.73. The van der Waals surface area contributed by atoms with Crippen molar-refractivity contribution in [3.8, 4) is 0 Å². The highest BCUT2D eigenvalue weighted by molar-refractivity contribution is 6.36. The van der Waals surface area contributed by atoms with E-state index >= 15 is 0 Å². The van der Waals surface area contributed by atoms with Gasteiger partial charge in [-0.25, -0.2) is 0 Å². The van der Waals surface area contributed by atoms with E-state index in [1.165, 1.54) is 5.56 Å². The number of benzene rings is 1. The zero-order valence-electron chi connectivity index (χ0n) is 9.40. The van der Waals surface area contributed by atoms with Crippen LogP contribution in [0.5, 0.6) is 0 Å². The number of rotatable bonds is 6. The summed E-state index contributed by atoms with van der Waals surface area (Å²) in [6, 6.07) is 9.57. The van der Waals surface area contributed by atoms with Crippen LogP contribution < -0.4 is 0 Å². The van der Waals surface area contributed by atoms with Crippen molar-refractivity contribution in [2.45, 2.75) is 12.0 Å². The van der Waals surface area contributed by atoms with Crippen LogP contribution in [0.4, 0.5) is 0 Å². The molecule has 0 radical (unpaired) electrons. The van der Waals surface area contributed by atoms with Gasteiger partial charge in [-0.15, -0.1) is 0 Å². The van der Waals surface area contributed by atoms with Crippen LogP contribution in [0.25, 0.3) is 6.08 Å². The van der Waals surface area contributed by atoms with Gasteiger partial charge in [0.05, 0.1) is 9.52 Å². The van der Waals surface area contributed by atoms with Crippen LogP contribution in [-0.2, 0) is 15.5 Å². The summed E-state index contributed by atoms with van der Waals surface area (Å²) in [7, 11) is 3.03. The number of ether oxygens (including phenoxy) is 2. The van der Waals surface area contributed by atoms with E-state index in [2.05, 4.69) is 30.8 Å². The van der Waals surface area contributed by atoms with Crippen LogP contribution in [-0.4, -0.2) is 29.7 Å². The van der Waals surface area contributed by atoms with Gasteiger partial charge >= 0.3 is 0 Å². The zero-order valence-corrected chi connectivity index (χ0v) is 10.8. The molecule has 1 aromatic rings. The van der Waals surface area contributed by atoms with Gasteiger partial charge in [-0.05, 0) is 11.6 Å². The maximum absolute atomic E-state index is 5.19. The highest BCUT2D eigenvalue weighted by atomic mass is 28.2. The van der Waals surface area contributed by atoms with Crippen molar-refractivity contribution >= 4 is 15.6 Å². The largest absolute Gasteiger partial charge is 0.360 e. The first kappa shape index (κ1) is 12.2. The molecule has 0 saturated heterocycles. The molecule has 3 heteroatoms. The van der Waals surface area contributed by atoms with E-state index in [9.17, 15) is 0 Å². The molecule has 0 spiro atoms. The van der Waals surface area contributed by atoms with E-state index < -0.39 is 0 Å². The monoisotopic (exact) mass is 222 g/mol. The molecule has 0 aliphatic carbocycles. The Morgan fingerprint density at radius 3 is 2.33 bits per heavy atom. The van der Waals surface area contributed by atoms with Gasteiger partial charge in [0, 0.05) is 14.2 Å². The summed E-state index contributed by atoms with van der Waals surface area (Å²) in [4.78, 5) is 0. The minimum Gasteiger partial charge on any atom is -0.360 e. The summed E-state index contributed by atoms with van der Waals surface area (Å²) in [5.41, 5.74) is 2.52. The van der Waals surface area contributed by atoms with E-state index in [1.54, 1.807) is 14.2 Å². The zero-order chi connectivity index (χ0) is 11.1. The van der Waals surface area contributed by atoms with E-state index in [0.29, 0.717) is 0 Å². The Bertz CT molecular complexity index is 291. The molecule has 0 heterocycles. The van der Waals surface area contributed by atoms with Crippen molar-refractivity contribution in [3.63, 3.8) is 0 Å². The molecule has 0 unspecified atom stereocenters. The molecule has 0 aliphatic rings. The van der Waals surface area contributed by atoms with E-state index in [4.69, 9.17) is 9.47 Å². The molecule has 2 nitrogen and oxygen atoms in total. The Hall–Kier alpha value is -0.903.